The average molecular weight is 213 g/mol. The zero-order valence-electron chi connectivity index (χ0n) is 7.16. The molecule has 0 aromatic rings. The number of hydrogen-bond donors (Lipinski definition) is 2. The fourth-order valence-electron chi connectivity index (χ4n) is 1.26. The van der Waals surface area contributed by atoms with E-state index in [1.807, 2.05) is 0 Å². The Balaban J connectivity index is 2.48. The molecule has 0 unspecified atom stereocenters. The van der Waals surface area contributed by atoms with Crippen molar-refractivity contribution in [1.29, 1.82) is 0 Å². The lowest BCUT2D eigenvalue weighted by molar-refractivity contribution is -0.161. The van der Waals surface area contributed by atoms with Crippen LogP contribution in [0, 0.1) is 0 Å². The molecule has 1 aliphatic rings. The number of alkyl halides is 3. The summed E-state index contributed by atoms with van der Waals surface area (Å²) in [5, 5.41) is 18.0. The monoisotopic (exact) mass is 213 g/mol. The molecule has 1 fully saturated rings. The highest BCUT2D eigenvalue weighted by molar-refractivity contribution is 5.77. The van der Waals surface area contributed by atoms with Gasteiger partial charge in [-0.2, -0.15) is 13.2 Å². The maximum Gasteiger partial charge on any atom is 0.397 e. The smallest absolute Gasteiger partial charge is 0.388 e. The third-order valence-corrected chi connectivity index (χ3v) is 1.96. The lowest BCUT2D eigenvalue weighted by Crippen LogP contribution is -2.33. The number of halogens is 3. The number of likely N-dealkylation sites (tertiary alicyclic amines) is 1. The van der Waals surface area contributed by atoms with Crippen LogP contribution in [0.3, 0.4) is 0 Å². The Bertz CT molecular complexity index is 221. The van der Waals surface area contributed by atoms with E-state index in [4.69, 9.17) is 10.2 Å². The van der Waals surface area contributed by atoms with Gasteiger partial charge in [-0.25, -0.2) is 0 Å². The number of aliphatic hydroxyl groups is 2. The minimum absolute atomic E-state index is 0.240. The van der Waals surface area contributed by atoms with Crippen molar-refractivity contribution < 1.29 is 28.2 Å². The van der Waals surface area contributed by atoms with E-state index in [9.17, 15) is 18.0 Å². The van der Waals surface area contributed by atoms with Gasteiger partial charge < -0.3 is 15.1 Å². The lowest BCUT2D eigenvalue weighted by atomic mass is 10.3. The van der Waals surface area contributed by atoms with E-state index >= 15 is 0 Å². The molecule has 1 amide bonds. The van der Waals surface area contributed by atoms with Crippen LogP contribution < -0.4 is 0 Å². The SMILES string of the molecule is O=C(CC(F)(F)F)N1C[C@@H](O)[C@@H](O)C1. The number of rotatable bonds is 1. The van der Waals surface area contributed by atoms with Crippen LogP contribution in [0.5, 0.6) is 0 Å². The van der Waals surface area contributed by atoms with Crippen molar-refractivity contribution in [2.45, 2.75) is 24.8 Å². The van der Waals surface area contributed by atoms with Gasteiger partial charge in [-0.05, 0) is 0 Å². The van der Waals surface area contributed by atoms with E-state index in [-0.39, 0.29) is 13.1 Å². The van der Waals surface area contributed by atoms with E-state index in [1.165, 1.54) is 0 Å². The van der Waals surface area contributed by atoms with Gasteiger partial charge in [0.15, 0.2) is 0 Å². The van der Waals surface area contributed by atoms with Crippen molar-refractivity contribution in [1.82, 2.24) is 4.90 Å². The Hall–Kier alpha value is -0.820. The molecule has 14 heavy (non-hydrogen) atoms. The second kappa shape index (κ2) is 3.74. The molecule has 7 heteroatoms. The van der Waals surface area contributed by atoms with Gasteiger partial charge in [-0.1, -0.05) is 0 Å². The van der Waals surface area contributed by atoms with Crippen molar-refractivity contribution in [2.24, 2.45) is 0 Å². The second-order valence-corrected chi connectivity index (χ2v) is 3.23. The molecule has 0 aromatic heterocycles. The van der Waals surface area contributed by atoms with Crippen LogP contribution in [0.2, 0.25) is 0 Å². The highest BCUT2D eigenvalue weighted by Crippen LogP contribution is 2.22. The summed E-state index contributed by atoms with van der Waals surface area (Å²) in [5.41, 5.74) is 0. The van der Waals surface area contributed by atoms with Crippen LogP contribution in [0.4, 0.5) is 13.2 Å². The third kappa shape index (κ3) is 2.85. The molecule has 1 heterocycles. The molecule has 0 aromatic carbocycles. The van der Waals surface area contributed by atoms with E-state index < -0.39 is 30.7 Å². The first-order chi connectivity index (χ1) is 6.29. The summed E-state index contributed by atoms with van der Waals surface area (Å²) in [6, 6.07) is 0. The van der Waals surface area contributed by atoms with Gasteiger partial charge in [-0.15, -0.1) is 0 Å². The summed E-state index contributed by atoms with van der Waals surface area (Å²) >= 11 is 0. The van der Waals surface area contributed by atoms with E-state index in [0.29, 0.717) is 0 Å². The zero-order valence-corrected chi connectivity index (χ0v) is 7.16. The minimum atomic E-state index is -4.55. The van der Waals surface area contributed by atoms with Gasteiger partial charge in [0.05, 0.1) is 12.2 Å². The Morgan fingerprint density at radius 1 is 1.29 bits per heavy atom. The first kappa shape index (κ1) is 11.3. The molecule has 4 nitrogen and oxygen atoms in total. The molecular weight excluding hydrogens is 203 g/mol. The normalized spacial score (nSPS) is 28.2. The number of carbonyl (C=O) groups excluding carboxylic acids is 1. The standard InChI is InChI=1S/C7H10F3NO3/c8-7(9,10)1-6(14)11-2-4(12)5(13)3-11/h4-5,12-13H,1-3H2/t4-,5+. The molecule has 1 saturated heterocycles. The first-order valence-electron chi connectivity index (χ1n) is 4.00. The highest BCUT2D eigenvalue weighted by Gasteiger charge is 2.38. The lowest BCUT2D eigenvalue weighted by Gasteiger charge is -2.16. The molecule has 82 valence electrons. The minimum Gasteiger partial charge on any atom is -0.388 e. The van der Waals surface area contributed by atoms with Crippen LogP contribution >= 0.6 is 0 Å². The van der Waals surface area contributed by atoms with E-state index in [0.717, 1.165) is 4.90 Å². The molecule has 0 spiro atoms. The number of amides is 1. The predicted octanol–water partition coefficient (Wildman–Crippen LogP) is -0.497. The molecule has 2 atom stereocenters. The van der Waals surface area contributed by atoms with Crippen molar-refractivity contribution in [3.63, 3.8) is 0 Å². The van der Waals surface area contributed by atoms with Crippen LogP contribution in [0.1, 0.15) is 6.42 Å². The van der Waals surface area contributed by atoms with Gasteiger partial charge in [-0.3, -0.25) is 4.79 Å². The zero-order chi connectivity index (χ0) is 10.9. The topological polar surface area (TPSA) is 60.8 Å². The van der Waals surface area contributed by atoms with Crippen molar-refractivity contribution in [2.75, 3.05) is 13.1 Å². The average Bonchev–Trinajstić information content (AvgIpc) is 2.28. The van der Waals surface area contributed by atoms with Crippen molar-refractivity contribution in [3.05, 3.63) is 0 Å². The second-order valence-electron chi connectivity index (χ2n) is 3.23. The summed E-state index contributed by atoms with van der Waals surface area (Å²) in [5.74, 6) is -1.12. The largest absolute Gasteiger partial charge is 0.397 e. The highest BCUT2D eigenvalue weighted by atomic mass is 19.4. The van der Waals surface area contributed by atoms with Gasteiger partial charge in [0.2, 0.25) is 5.91 Å². The fourth-order valence-corrected chi connectivity index (χ4v) is 1.26. The molecule has 1 rings (SSSR count). The number of hydrogen-bond acceptors (Lipinski definition) is 3. The summed E-state index contributed by atoms with van der Waals surface area (Å²) in [7, 11) is 0. The fraction of sp³-hybridized carbons (Fsp3) is 0.857. The van der Waals surface area contributed by atoms with Crippen molar-refractivity contribution >= 4 is 5.91 Å². The maximum absolute atomic E-state index is 11.8. The van der Waals surface area contributed by atoms with E-state index in [2.05, 4.69) is 0 Å². The number of carbonyl (C=O) groups is 1. The molecule has 0 bridgehead atoms. The summed E-state index contributed by atoms with van der Waals surface area (Å²) in [4.78, 5) is 11.7. The van der Waals surface area contributed by atoms with Gasteiger partial charge in [0.25, 0.3) is 0 Å². The number of aliphatic hydroxyl groups excluding tert-OH is 2. The summed E-state index contributed by atoms with van der Waals surface area (Å²) in [6.07, 6.45) is -8.39. The van der Waals surface area contributed by atoms with Crippen LogP contribution in [0.25, 0.3) is 0 Å². The molecule has 0 saturated carbocycles. The summed E-state index contributed by atoms with van der Waals surface area (Å²) in [6.45, 7) is -0.480. The Morgan fingerprint density at radius 3 is 2.07 bits per heavy atom. The molecule has 0 radical (unpaired) electrons. The number of nitrogens with zero attached hydrogens (tertiary/aromatic N) is 1. The molecule has 1 aliphatic heterocycles. The maximum atomic E-state index is 11.8. The van der Waals surface area contributed by atoms with E-state index in [1.54, 1.807) is 0 Å². The quantitative estimate of drug-likeness (QED) is 0.617. The number of β-amino-alcohol motifs (C(OH)–C–C–N with tert-alkyl or cyclic N) is 2. The molecule has 2 N–H and O–H groups in total. The van der Waals surface area contributed by atoms with Gasteiger partial charge in [0, 0.05) is 13.1 Å². The Morgan fingerprint density at radius 2 is 1.71 bits per heavy atom. The van der Waals surface area contributed by atoms with Gasteiger partial charge >= 0.3 is 6.18 Å². The van der Waals surface area contributed by atoms with Crippen LogP contribution in [-0.2, 0) is 4.79 Å². The molecule has 0 aliphatic carbocycles. The molecular formula is C7H10F3NO3. The van der Waals surface area contributed by atoms with Crippen LogP contribution in [-0.4, -0.2) is 52.5 Å². The first-order valence-corrected chi connectivity index (χ1v) is 4.00. The third-order valence-electron chi connectivity index (χ3n) is 1.96. The Kier molecular flexibility index (Phi) is 3.01. The van der Waals surface area contributed by atoms with Gasteiger partial charge in [0.1, 0.15) is 6.42 Å². The summed E-state index contributed by atoms with van der Waals surface area (Å²) < 4.78 is 35.3. The van der Waals surface area contributed by atoms with Crippen molar-refractivity contribution in [3.8, 4) is 0 Å². The predicted molar refractivity (Wildman–Crippen MR) is 39.3 cm³/mol. The van der Waals surface area contributed by atoms with Crippen LogP contribution in [0.15, 0.2) is 0 Å². The Labute approximate surface area is 77.9 Å².